The Morgan fingerprint density at radius 2 is 2.11 bits per heavy atom. The van der Waals surface area contributed by atoms with Crippen molar-refractivity contribution in [1.82, 2.24) is 5.48 Å². The lowest BCUT2D eigenvalue weighted by Crippen LogP contribution is -2.30. The molecule has 1 aromatic rings. The van der Waals surface area contributed by atoms with Crippen LogP contribution < -0.4 is 16.0 Å². The summed E-state index contributed by atoms with van der Waals surface area (Å²) < 4.78 is 40.2. The van der Waals surface area contributed by atoms with Gasteiger partial charge in [-0.3, -0.25) is 9.63 Å². The van der Waals surface area contributed by atoms with Gasteiger partial charge in [-0.1, -0.05) is 0 Å². The fraction of sp³-hybridized carbons (Fsp3) is 0.300. The second-order valence-electron chi connectivity index (χ2n) is 3.29. The Morgan fingerprint density at radius 3 is 2.61 bits per heavy atom. The molecule has 18 heavy (non-hydrogen) atoms. The molecule has 1 rings (SSSR count). The van der Waals surface area contributed by atoms with E-state index < -0.39 is 18.7 Å². The maximum absolute atomic E-state index is 11.8. The number of alkyl halides is 3. The number of nitrogens with two attached hydrogens (primary N) is 1. The van der Waals surface area contributed by atoms with Gasteiger partial charge in [0.2, 0.25) is 0 Å². The maximum Gasteiger partial charge on any atom is 0.414 e. The van der Waals surface area contributed by atoms with Crippen molar-refractivity contribution in [2.45, 2.75) is 6.18 Å². The summed E-state index contributed by atoms with van der Waals surface area (Å²) in [5.41, 5.74) is 7.26. The van der Waals surface area contributed by atoms with Gasteiger partial charge in [0, 0.05) is 11.8 Å². The zero-order chi connectivity index (χ0) is 13.8. The molecule has 100 valence electrons. The van der Waals surface area contributed by atoms with Gasteiger partial charge in [-0.15, -0.1) is 0 Å². The van der Waals surface area contributed by atoms with Crippen molar-refractivity contribution in [3.05, 3.63) is 23.8 Å². The molecule has 0 saturated carbocycles. The summed E-state index contributed by atoms with van der Waals surface area (Å²) in [5.74, 6) is -0.431. The summed E-state index contributed by atoms with van der Waals surface area (Å²) in [6.07, 6.45) is -4.52. The van der Waals surface area contributed by atoms with Crippen molar-refractivity contribution in [2.75, 3.05) is 19.5 Å². The monoisotopic (exact) mass is 264 g/mol. The molecule has 0 aromatic heterocycles. The topological polar surface area (TPSA) is 73.6 Å². The van der Waals surface area contributed by atoms with E-state index in [1.54, 1.807) is 5.48 Å². The lowest BCUT2D eigenvalue weighted by atomic mass is 10.1. The molecular formula is C10H11F3N2O3. The molecule has 0 unspecified atom stereocenters. The number of benzene rings is 1. The van der Waals surface area contributed by atoms with Gasteiger partial charge in [-0.05, 0) is 12.1 Å². The van der Waals surface area contributed by atoms with Gasteiger partial charge < -0.3 is 10.5 Å². The Balaban J connectivity index is 2.62. The number of ether oxygens (including phenoxy) is 1. The molecule has 0 atom stereocenters. The molecule has 0 aliphatic heterocycles. The molecule has 1 aromatic carbocycles. The van der Waals surface area contributed by atoms with Crippen LogP contribution in [-0.2, 0) is 4.84 Å². The first-order valence-electron chi connectivity index (χ1n) is 4.76. The van der Waals surface area contributed by atoms with Crippen molar-refractivity contribution in [3.63, 3.8) is 0 Å². The number of rotatable bonds is 4. The van der Waals surface area contributed by atoms with E-state index in [-0.39, 0.29) is 11.3 Å². The molecule has 0 radical (unpaired) electrons. The highest BCUT2D eigenvalue weighted by Gasteiger charge is 2.28. The summed E-state index contributed by atoms with van der Waals surface area (Å²) in [6, 6.07) is 4.15. The van der Waals surface area contributed by atoms with E-state index in [0.29, 0.717) is 5.75 Å². The number of hydrogen-bond acceptors (Lipinski definition) is 4. The third-order valence-electron chi connectivity index (χ3n) is 1.90. The molecular weight excluding hydrogens is 253 g/mol. The van der Waals surface area contributed by atoms with Gasteiger partial charge in [-0.2, -0.15) is 13.2 Å². The molecule has 0 fully saturated rings. The van der Waals surface area contributed by atoms with Gasteiger partial charge in [0.1, 0.15) is 5.75 Å². The molecule has 0 saturated heterocycles. The van der Waals surface area contributed by atoms with Crippen LogP contribution in [0.15, 0.2) is 18.2 Å². The summed E-state index contributed by atoms with van der Waals surface area (Å²) in [6.45, 7) is -1.57. The van der Waals surface area contributed by atoms with Crippen molar-refractivity contribution in [3.8, 4) is 5.75 Å². The van der Waals surface area contributed by atoms with Crippen LogP contribution >= 0.6 is 0 Å². The van der Waals surface area contributed by atoms with E-state index in [2.05, 4.69) is 4.84 Å². The quantitative estimate of drug-likeness (QED) is 0.638. The first kappa shape index (κ1) is 14.1. The predicted molar refractivity (Wildman–Crippen MR) is 56.9 cm³/mol. The first-order valence-corrected chi connectivity index (χ1v) is 4.76. The molecule has 8 heteroatoms. The number of halogens is 3. The second-order valence-corrected chi connectivity index (χ2v) is 3.29. The maximum atomic E-state index is 11.8. The molecule has 0 aliphatic rings. The number of nitrogens with one attached hydrogen (secondary N) is 1. The minimum absolute atomic E-state index is 0.00188. The summed E-state index contributed by atoms with van der Waals surface area (Å²) >= 11 is 0. The van der Waals surface area contributed by atoms with Crippen LogP contribution in [0.25, 0.3) is 0 Å². The lowest BCUT2D eigenvalue weighted by molar-refractivity contribution is -0.184. The number of nitrogen functional groups attached to an aromatic ring is 1. The Kier molecular flexibility index (Phi) is 4.38. The highest BCUT2D eigenvalue weighted by atomic mass is 19.4. The fourth-order valence-corrected chi connectivity index (χ4v) is 1.11. The van der Waals surface area contributed by atoms with E-state index in [9.17, 15) is 18.0 Å². The minimum Gasteiger partial charge on any atom is -0.497 e. The van der Waals surface area contributed by atoms with Gasteiger partial charge >= 0.3 is 6.18 Å². The number of hydrogen-bond donors (Lipinski definition) is 2. The molecule has 1 amide bonds. The van der Waals surface area contributed by atoms with Gasteiger partial charge in [0.25, 0.3) is 5.91 Å². The Labute approximate surface area is 101 Å². The molecule has 0 aliphatic carbocycles. The van der Waals surface area contributed by atoms with Crippen molar-refractivity contribution >= 4 is 11.6 Å². The number of anilines is 1. The molecule has 0 heterocycles. The minimum atomic E-state index is -4.52. The van der Waals surface area contributed by atoms with E-state index in [1.165, 1.54) is 25.3 Å². The Hall–Kier alpha value is -1.96. The third kappa shape index (κ3) is 4.13. The molecule has 5 nitrogen and oxygen atoms in total. The van der Waals surface area contributed by atoms with Crippen molar-refractivity contribution in [1.29, 1.82) is 0 Å². The molecule has 0 spiro atoms. The Morgan fingerprint density at radius 1 is 1.44 bits per heavy atom. The Bertz CT molecular complexity index is 435. The highest BCUT2D eigenvalue weighted by Crippen LogP contribution is 2.19. The zero-order valence-corrected chi connectivity index (χ0v) is 9.38. The van der Waals surface area contributed by atoms with Crippen molar-refractivity contribution in [2.24, 2.45) is 0 Å². The van der Waals surface area contributed by atoms with Gasteiger partial charge in [-0.25, -0.2) is 5.48 Å². The number of amides is 1. The largest absolute Gasteiger partial charge is 0.497 e. The van der Waals surface area contributed by atoms with Gasteiger partial charge in [0.05, 0.1) is 12.7 Å². The van der Waals surface area contributed by atoms with E-state index >= 15 is 0 Å². The van der Waals surface area contributed by atoms with E-state index in [0.717, 1.165) is 0 Å². The first-order chi connectivity index (χ1) is 8.33. The standard InChI is InChI=1S/C10H11F3N2O3/c1-17-6-2-3-7(8(14)4-6)9(16)15-18-5-10(11,12)13/h2-4H,5,14H2,1H3,(H,15,16). The average Bonchev–Trinajstić information content (AvgIpc) is 2.26. The highest BCUT2D eigenvalue weighted by molar-refractivity contribution is 5.98. The van der Waals surface area contributed by atoms with Crippen LogP contribution in [0.4, 0.5) is 18.9 Å². The van der Waals surface area contributed by atoms with E-state index in [1.807, 2.05) is 0 Å². The van der Waals surface area contributed by atoms with Crippen LogP contribution in [0.5, 0.6) is 5.75 Å². The van der Waals surface area contributed by atoms with Crippen LogP contribution in [-0.4, -0.2) is 25.8 Å². The summed E-state index contributed by atoms with van der Waals surface area (Å²) in [5, 5.41) is 0. The lowest BCUT2D eigenvalue weighted by Gasteiger charge is -2.10. The normalized spacial score (nSPS) is 11.1. The SMILES string of the molecule is COc1ccc(C(=O)NOCC(F)(F)F)c(N)c1. The molecule has 3 N–H and O–H groups in total. The number of carbonyl (C=O) groups excluding carboxylic acids is 1. The predicted octanol–water partition coefficient (Wildman–Crippen LogP) is 1.50. The van der Waals surface area contributed by atoms with Crippen LogP contribution in [0.3, 0.4) is 0 Å². The van der Waals surface area contributed by atoms with Crippen molar-refractivity contribution < 1.29 is 27.5 Å². The van der Waals surface area contributed by atoms with Crippen LogP contribution in [0.1, 0.15) is 10.4 Å². The average molecular weight is 264 g/mol. The zero-order valence-electron chi connectivity index (χ0n) is 9.38. The smallest absolute Gasteiger partial charge is 0.414 e. The van der Waals surface area contributed by atoms with Crippen LogP contribution in [0.2, 0.25) is 0 Å². The number of hydroxylamine groups is 1. The second kappa shape index (κ2) is 5.58. The molecule has 0 bridgehead atoms. The number of carbonyl (C=O) groups is 1. The fourth-order valence-electron chi connectivity index (χ4n) is 1.11. The summed E-state index contributed by atoms with van der Waals surface area (Å²) in [7, 11) is 1.42. The number of methoxy groups -OCH3 is 1. The van der Waals surface area contributed by atoms with Crippen LogP contribution in [0, 0.1) is 0 Å². The summed E-state index contributed by atoms with van der Waals surface area (Å²) in [4.78, 5) is 15.4. The van der Waals surface area contributed by atoms with E-state index in [4.69, 9.17) is 10.5 Å². The van der Waals surface area contributed by atoms with Gasteiger partial charge in [0.15, 0.2) is 6.61 Å². The third-order valence-corrected chi connectivity index (χ3v) is 1.90.